The van der Waals surface area contributed by atoms with E-state index in [0.717, 1.165) is 29.1 Å². The molecule has 5 heteroatoms. The van der Waals surface area contributed by atoms with Crippen molar-refractivity contribution in [1.29, 1.82) is 0 Å². The van der Waals surface area contributed by atoms with Gasteiger partial charge in [0.15, 0.2) is 0 Å². The van der Waals surface area contributed by atoms with Crippen LogP contribution in [0.3, 0.4) is 0 Å². The second kappa shape index (κ2) is 6.29. The number of hydrogen-bond acceptors (Lipinski definition) is 3. The summed E-state index contributed by atoms with van der Waals surface area (Å²) in [5.74, 6) is 0.767. The van der Waals surface area contributed by atoms with Crippen LogP contribution in [0.1, 0.15) is 36.8 Å². The standard InChI is InChI=1S/C15H20ClN3O/c1-4-12-8-13(19(3)18-12)9-20-15-6-5-11(16)7-14(15)10(2)17/h5-8,10H,4,9,17H2,1-3H3/t10-/m0/s1. The van der Waals surface area contributed by atoms with Crippen LogP contribution in [0.5, 0.6) is 5.75 Å². The van der Waals surface area contributed by atoms with E-state index in [0.29, 0.717) is 11.6 Å². The van der Waals surface area contributed by atoms with Crippen LogP contribution in [-0.4, -0.2) is 9.78 Å². The largest absolute Gasteiger partial charge is 0.487 e. The normalized spacial score (nSPS) is 12.4. The Morgan fingerprint density at radius 2 is 2.15 bits per heavy atom. The number of hydrogen-bond donors (Lipinski definition) is 1. The predicted octanol–water partition coefficient (Wildman–Crippen LogP) is 3.23. The minimum atomic E-state index is -0.124. The molecule has 4 nitrogen and oxygen atoms in total. The molecule has 0 bridgehead atoms. The summed E-state index contributed by atoms with van der Waals surface area (Å²) in [6, 6.07) is 7.45. The maximum Gasteiger partial charge on any atom is 0.130 e. The van der Waals surface area contributed by atoms with Crippen LogP contribution in [0.25, 0.3) is 0 Å². The van der Waals surface area contributed by atoms with Crippen molar-refractivity contribution in [2.24, 2.45) is 12.8 Å². The third-order valence-corrected chi connectivity index (χ3v) is 3.46. The highest BCUT2D eigenvalue weighted by Gasteiger charge is 2.11. The fourth-order valence-corrected chi connectivity index (χ4v) is 2.22. The van der Waals surface area contributed by atoms with E-state index in [1.807, 2.05) is 36.9 Å². The zero-order valence-electron chi connectivity index (χ0n) is 12.1. The SMILES string of the molecule is CCc1cc(COc2ccc(Cl)cc2[C@H](C)N)n(C)n1. The first kappa shape index (κ1) is 14.9. The molecule has 0 spiro atoms. The van der Waals surface area contributed by atoms with Gasteiger partial charge in [-0.2, -0.15) is 5.10 Å². The van der Waals surface area contributed by atoms with Gasteiger partial charge in [0.1, 0.15) is 12.4 Å². The van der Waals surface area contributed by atoms with Crippen LogP contribution >= 0.6 is 11.6 Å². The van der Waals surface area contributed by atoms with Gasteiger partial charge in [0.25, 0.3) is 0 Å². The predicted molar refractivity (Wildman–Crippen MR) is 81.0 cm³/mol. The van der Waals surface area contributed by atoms with Gasteiger partial charge in [-0.25, -0.2) is 0 Å². The fourth-order valence-electron chi connectivity index (χ4n) is 2.04. The van der Waals surface area contributed by atoms with E-state index < -0.39 is 0 Å². The minimum absolute atomic E-state index is 0.124. The molecule has 0 unspecified atom stereocenters. The third kappa shape index (κ3) is 3.32. The number of ether oxygens (including phenoxy) is 1. The molecule has 0 saturated carbocycles. The Hall–Kier alpha value is -1.52. The highest BCUT2D eigenvalue weighted by Crippen LogP contribution is 2.27. The first-order valence-electron chi connectivity index (χ1n) is 6.71. The molecule has 1 heterocycles. The molecule has 0 aliphatic heterocycles. The zero-order valence-corrected chi connectivity index (χ0v) is 12.8. The van der Waals surface area contributed by atoms with Gasteiger partial charge in [-0.1, -0.05) is 18.5 Å². The van der Waals surface area contributed by atoms with Gasteiger partial charge < -0.3 is 10.5 Å². The molecule has 0 fully saturated rings. The molecule has 1 atom stereocenters. The summed E-state index contributed by atoms with van der Waals surface area (Å²) in [4.78, 5) is 0. The van der Waals surface area contributed by atoms with E-state index in [9.17, 15) is 0 Å². The molecule has 2 N–H and O–H groups in total. The van der Waals surface area contributed by atoms with Crippen LogP contribution in [0.2, 0.25) is 5.02 Å². The van der Waals surface area contributed by atoms with Crippen molar-refractivity contribution in [1.82, 2.24) is 9.78 Å². The Morgan fingerprint density at radius 3 is 2.75 bits per heavy atom. The fraction of sp³-hybridized carbons (Fsp3) is 0.400. The van der Waals surface area contributed by atoms with Gasteiger partial charge in [-0.05, 0) is 37.6 Å². The number of benzene rings is 1. The maximum absolute atomic E-state index is 6.00. The molecular formula is C15H20ClN3O. The zero-order chi connectivity index (χ0) is 14.7. The van der Waals surface area contributed by atoms with Crippen molar-refractivity contribution in [2.45, 2.75) is 32.9 Å². The molecule has 1 aromatic heterocycles. The Bertz CT molecular complexity index is 593. The number of nitrogens with zero attached hydrogens (tertiary/aromatic N) is 2. The minimum Gasteiger partial charge on any atom is -0.487 e. The van der Waals surface area contributed by atoms with Crippen molar-refractivity contribution in [3.8, 4) is 5.75 Å². The van der Waals surface area contributed by atoms with Crippen molar-refractivity contribution in [3.63, 3.8) is 0 Å². The Kier molecular flexibility index (Phi) is 4.68. The smallest absolute Gasteiger partial charge is 0.130 e. The van der Waals surface area contributed by atoms with E-state index in [4.69, 9.17) is 22.1 Å². The van der Waals surface area contributed by atoms with E-state index in [1.165, 1.54) is 0 Å². The molecule has 0 amide bonds. The summed E-state index contributed by atoms with van der Waals surface area (Å²) in [5, 5.41) is 5.07. The Labute approximate surface area is 124 Å². The molecule has 0 aliphatic rings. The van der Waals surface area contributed by atoms with Crippen LogP contribution < -0.4 is 10.5 Å². The molecular weight excluding hydrogens is 274 g/mol. The van der Waals surface area contributed by atoms with E-state index in [1.54, 1.807) is 0 Å². The van der Waals surface area contributed by atoms with Gasteiger partial charge in [-0.15, -0.1) is 0 Å². The summed E-state index contributed by atoms with van der Waals surface area (Å²) in [6.07, 6.45) is 0.917. The van der Waals surface area contributed by atoms with Gasteiger partial charge in [0.05, 0.1) is 11.4 Å². The third-order valence-electron chi connectivity index (χ3n) is 3.23. The molecule has 20 heavy (non-hydrogen) atoms. The number of aryl methyl sites for hydroxylation is 2. The van der Waals surface area contributed by atoms with Crippen LogP contribution in [0.15, 0.2) is 24.3 Å². The second-order valence-electron chi connectivity index (χ2n) is 4.86. The number of halogens is 1. The lowest BCUT2D eigenvalue weighted by Gasteiger charge is -2.14. The van der Waals surface area contributed by atoms with Crippen molar-refractivity contribution >= 4 is 11.6 Å². The first-order chi connectivity index (χ1) is 9.51. The highest BCUT2D eigenvalue weighted by atomic mass is 35.5. The van der Waals surface area contributed by atoms with Crippen molar-refractivity contribution in [3.05, 3.63) is 46.2 Å². The number of nitrogens with two attached hydrogens (primary N) is 1. The molecule has 0 radical (unpaired) electrons. The van der Waals surface area contributed by atoms with Gasteiger partial charge in [0.2, 0.25) is 0 Å². The molecule has 1 aromatic carbocycles. The van der Waals surface area contributed by atoms with E-state index in [2.05, 4.69) is 18.1 Å². The monoisotopic (exact) mass is 293 g/mol. The molecule has 2 aromatic rings. The number of aromatic nitrogens is 2. The lowest BCUT2D eigenvalue weighted by atomic mass is 10.1. The molecule has 0 saturated heterocycles. The van der Waals surface area contributed by atoms with E-state index >= 15 is 0 Å². The van der Waals surface area contributed by atoms with Crippen LogP contribution in [-0.2, 0) is 20.1 Å². The van der Waals surface area contributed by atoms with E-state index in [-0.39, 0.29) is 6.04 Å². The molecule has 108 valence electrons. The van der Waals surface area contributed by atoms with Crippen molar-refractivity contribution in [2.75, 3.05) is 0 Å². The highest BCUT2D eigenvalue weighted by molar-refractivity contribution is 6.30. The summed E-state index contributed by atoms with van der Waals surface area (Å²) in [7, 11) is 1.92. The van der Waals surface area contributed by atoms with Gasteiger partial charge >= 0.3 is 0 Å². The number of rotatable bonds is 5. The lowest BCUT2D eigenvalue weighted by molar-refractivity contribution is 0.290. The average molecular weight is 294 g/mol. The van der Waals surface area contributed by atoms with Gasteiger partial charge in [0, 0.05) is 23.7 Å². The quantitative estimate of drug-likeness (QED) is 0.921. The average Bonchev–Trinajstić information content (AvgIpc) is 2.78. The lowest BCUT2D eigenvalue weighted by Crippen LogP contribution is -2.09. The Balaban J connectivity index is 2.16. The summed E-state index contributed by atoms with van der Waals surface area (Å²) in [6.45, 7) is 4.46. The van der Waals surface area contributed by atoms with Crippen molar-refractivity contribution < 1.29 is 4.74 Å². The summed E-state index contributed by atoms with van der Waals surface area (Å²) < 4.78 is 7.73. The molecule has 0 aliphatic carbocycles. The maximum atomic E-state index is 6.00. The first-order valence-corrected chi connectivity index (χ1v) is 7.08. The summed E-state index contributed by atoms with van der Waals surface area (Å²) in [5.41, 5.74) is 8.96. The van der Waals surface area contributed by atoms with Crippen LogP contribution in [0.4, 0.5) is 0 Å². The summed E-state index contributed by atoms with van der Waals surface area (Å²) >= 11 is 6.00. The second-order valence-corrected chi connectivity index (χ2v) is 5.30. The van der Waals surface area contributed by atoms with Crippen LogP contribution in [0, 0.1) is 0 Å². The molecule has 2 rings (SSSR count). The van der Waals surface area contributed by atoms with Gasteiger partial charge in [-0.3, -0.25) is 4.68 Å². The topological polar surface area (TPSA) is 53.1 Å². The Morgan fingerprint density at radius 1 is 1.40 bits per heavy atom.